The van der Waals surface area contributed by atoms with E-state index in [1.54, 1.807) is 0 Å². The fourth-order valence-corrected chi connectivity index (χ4v) is 12.2. The average molecular weight is 873 g/mol. The number of anilines is 1. The first kappa shape index (κ1) is 45.7. The Bertz CT molecular complexity index is 2290. The number of thiazole rings is 1. The number of aryl methyl sites for hydroxylation is 1. The van der Waals surface area contributed by atoms with Gasteiger partial charge in [0.05, 0.1) is 10.7 Å². The van der Waals surface area contributed by atoms with Gasteiger partial charge in [0, 0.05) is 40.4 Å². The van der Waals surface area contributed by atoms with Crippen molar-refractivity contribution in [3.05, 3.63) is 117 Å². The fraction of sp³-hybridized carbons (Fsp3) is 0.482. The molecule has 2 heterocycles. The molecule has 4 aromatic carbocycles. The Morgan fingerprint density at radius 1 is 0.607 bits per heavy atom. The number of hydrogen-bond donors (Lipinski definition) is 0. The third-order valence-electron chi connectivity index (χ3n) is 13.0. The van der Waals surface area contributed by atoms with Crippen LogP contribution in [0.5, 0.6) is 0 Å². The summed E-state index contributed by atoms with van der Waals surface area (Å²) in [5, 5.41) is 8.95. The molecule has 5 aromatic rings. The Labute approximate surface area is 382 Å². The predicted octanol–water partition coefficient (Wildman–Crippen LogP) is 18.4. The van der Waals surface area contributed by atoms with E-state index >= 15 is 0 Å². The van der Waals surface area contributed by atoms with Crippen LogP contribution in [0, 0.1) is 0 Å². The molecular weight excluding hydrogens is 800 g/mol. The molecule has 0 atom stereocenters. The fourth-order valence-electron chi connectivity index (χ4n) is 9.44. The van der Waals surface area contributed by atoms with Gasteiger partial charge in [-0.25, -0.2) is 0 Å². The molecule has 0 fully saturated rings. The van der Waals surface area contributed by atoms with Crippen LogP contribution in [0.4, 0.5) is 5.69 Å². The number of hydrogen-bond acceptors (Lipinski definition) is 3. The van der Waals surface area contributed by atoms with E-state index in [0.29, 0.717) is 0 Å². The van der Waals surface area contributed by atoms with E-state index in [0.717, 1.165) is 37.4 Å². The summed E-state index contributed by atoms with van der Waals surface area (Å²) in [4.78, 5) is 3.99. The highest BCUT2D eigenvalue weighted by atomic mass is 35.5. The lowest BCUT2D eigenvalue weighted by Gasteiger charge is -2.21. The van der Waals surface area contributed by atoms with Crippen molar-refractivity contribution in [1.29, 1.82) is 0 Å². The summed E-state index contributed by atoms with van der Waals surface area (Å²) in [6.45, 7) is 6.72. The maximum absolute atomic E-state index is 7.37. The number of aromatic nitrogens is 1. The topological polar surface area (TPSA) is 7.12 Å². The molecule has 324 valence electrons. The van der Waals surface area contributed by atoms with E-state index in [9.17, 15) is 0 Å². The van der Waals surface area contributed by atoms with Gasteiger partial charge in [0.2, 0.25) is 5.52 Å². The van der Waals surface area contributed by atoms with Gasteiger partial charge in [0.15, 0.2) is 6.54 Å². The minimum absolute atomic E-state index is 0.944. The van der Waals surface area contributed by atoms with Crippen LogP contribution in [-0.2, 0) is 6.54 Å². The van der Waals surface area contributed by atoms with Crippen LogP contribution in [0.3, 0.4) is 0 Å². The standard InChI is InChI=1S/C56H72ClN2S2/c1-3-5-7-9-11-13-15-17-19-25-42-58-50-38-34-44-28-21-23-32-48(44)55(50)60-52(58)40-36-46-30-27-31-47(54(46)57)37-41-53-59(43-26-20-18-16-14-12-10-8-6-4-2)51-39-35-45-29-22-24-33-49(45)56(51)61-53/h21-24,28-29,32-41H,3-20,25-27,30-31,42-43H2,1-2H3/q+1. The Kier molecular flexibility index (Phi) is 18.4. The third kappa shape index (κ3) is 12.5. The highest BCUT2D eigenvalue weighted by Gasteiger charge is 2.27. The van der Waals surface area contributed by atoms with Gasteiger partial charge < -0.3 is 4.90 Å². The zero-order valence-corrected chi connectivity index (χ0v) is 39.9. The van der Waals surface area contributed by atoms with Crippen molar-refractivity contribution in [3.63, 3.8) is 0 Å². The minimum atomic E-state index is 0.944. The van der Waals surface area contributed by atoms with E-state index in [1.165, 1.54) is 192 Å². The molecule has 0 radical (unpaired) electrons. The van der Waals surface area contributed by atoms with E-state index in [1.807, 2.05) is 23.1 Å². The highest BCUT2D eigenvalue weighted by Crippen LogP contribution is 2.50. The Hall–Kier alpha value is -3.31. The molecule has 1 aliphatic heterocycles. The van der Waals surface area contributed by atoms with Crippen LogP contribution in [0.1, 0.15) is 167 Å². The van der Waals surface area contributed by atoms with E-state index < -0.39 is 0 Å². The summed E-state index contributed by atoms with van der Waals surface area (Å²) in [6, 6.07) is 27.1. The minimum Gasteiger partial charge on any atom is -0.335 e. The molecule has 2 nitrogen and oxygen atoms in total. The number of thioether (sulfide) groups is 1. The van der Waals surface area contributed by atoms with Crippen LogP contribution >= 0.6 is 34.7 Å². The van der Waals surface area contributed by atoms with Gasteiger partial charge in [-0.1, -0.05) is 224 Å². The summed E-state index contributed by atoms with van der Waals surface area (Å²) < 4.78 is 3.99. The first-order valence-electron chi connectivity index (χ1n) is 24.5. The second kappa shape index (κ2) is 24.5. The molecule has 0 saturated carbocycles. The molecule has 1 aromatic heterocycles. The Morgan fingerprint density at radius 3 is 1.89 bits per heavy atom. The highest BCUT2D eigenvalue weighted by molar-refractivity contribution is 8.04. The maximum atomic E-state index is 7.37. The van der Waals surface area contributed by atoms with Gasteiger partial charge in [-0.05, 0) is 77.6 Å². The molecule has 0 spiro atoms. The van der Waals surface area contributed by atoms with Gasteiger partial charge in [-0.15, -0.1) is 0 Å². The van der Waals surface area contributed by atoms with Crippen molar-refractivity contribution in [1.82, 2.24) is 0 Å². The van der Waals surface area contributed by atoms with Gasteiger partial charge in [0.1, 0.15) is 4.70 Å². The number of nitrogens with zero attached hydrogens (tertiary/aromatic N) is 2. The van der Waals surface area contributed by atoms with Gasteiger partial charge in [-0.3, -0.25) is 0 Å². The molecule has 0 saturated heterocycles. The molecular formula is C56H72ClN2S2+. The summed E-state index contributed by atoms with van der Waals surface area (Å²) in [5.74, 6) is 0. The van der Waals surface area contributed by atoms with Gasteiger partial charge in [-0.2, -0.15) is 4.57 Å². The number of fused-ring (bicyclic) bond motifs is 6. The predicted molar refractivity (Wildman–Crippen MR) is 272 cm³/mol. The van der Waals surface area contributed by atoms with Gasteiger partial charge >= 0.3 is 0 Å². The molecule has 0 bridgehead atoms. The molecule has 5 heteroatoms. The molecule has 2 aliphatic rings. The van der Waals surface area contributed by atoms with Crippen molar-refractivity contribution in [2.75, 3.05) is 11.4 Å². The average Bonchev–Trinajstić information content (AvgIpc) is 3.84. The summed E-state index contributed by atoms with van der Waals surface area (Å²) in [7, 11) is 0. The largest absolute Gasteiger partial charge is 0.335 e. The van der Waals surface area contributed by atoms with Crippen molar-refractivity contribution in [2.24, 2.45) is 0 Å². The molecule has 1 aliphatic carbocycles. The van der Waals surface area contributed by atoms with Crippen molar-refractivity contribution < 1.29 is 4.57 Å². The Morgan fingerprint density at radius 2 is 1.20 bits per heavy atom. The smallest absolute Gasteiger partial charge is 0.262 e. The first-order valence-corrected chi connectivity index (χ1v) is 26.5. The molecule has 61 heavy (non-hydrogen) atoms. The quantitative estimate of drug-likeness (QED) is 0.0426. The van der Waals surface area contributed by atoms with E-state index in [4.69, 9.17) is 11.6 Å². The molecule has 0 N–H and O–H groups in total. The lowest BCUT2D eigenvalue weighted by Crippen LogP contribution is -2.35. The van der Waals surface area contributed by atoms with Crippen LogP contribution in [-0.4, -0.2) is 6.54 Å². The second-order valence-electron chi connectivity index (χ2n) is 17.7. The Balaban J connectivity index is 1.05. The van der Waals surface area contributed by atoms with Crippen LogP contribution in [0.15, 0.2) is 117 Å². The van der Waals surface area contributed by atoms with Crippen molar-refractivity contribution in [3.8, 4) is 0 Å². The number of allylic oxidation sites excluding steroid dienone is 6. The maximum Gasteiger partial charge on any atom is 0.262 e. The van der Waals surface area contributed by atoms with Crippen molar-refractivity contribution >= 4 is 78.2 Å². The number of unbranched alkanes of at least 4 members (excludes halogenated alkanes) is 18. The SMILES string of the molecule is CCCCCCCCCCCCN1/C(=C/C=C2\CCCC(/C=C/c3sc4c5ccccc5ccc4[n+]3CCCCCCCCCCCC)=C2Cl)Sc2c1ccc1ccccc21. The number of halogens is 1. The third-order valence-corrected chi connectivity index (χ3v) is 15.9. The zero-order chi connectivity index (χ0) is 42.1. The molecule has 7 rings (SSSR count). The first-order chi connectivity index (χ1) is 30.2. The summed E-state index contributed by atoms with van der Waals surface area (Å²) >= 11 is 11.2. The second-order valence-corrected chi connectivity index (χ2v) is 20.1. The van der Waals surface area contributed by atoms with Crippen LogP contribution in [0.2, 0.25) is 0 Å². The monoisotopic (exact) mass is 871 g/mol. The lowest BCUT2D eigenvalue weighted by atomic mass is 9.94. The molecule has 0 unspecified atom stereocenters. The summed E-state index contributed by atoms with van der Waals surface area (Å²) in [6.07, 6.45) is 39.7. The van der Waals surface area contributed by atoms with Crippen LogP contribution in [0.25, 0.3) is 37.8 Å². The van der Waals surface area contributed by atoms with Gasteiger partial charge in [0.25, 0.3) is 5.01 Å². The summed E-state index contributed by atoms with van der Waals surface area (Å²) in [5.41, 5.74) is 5.25. The van der Waals surface area contributed by atoms with Crippen LogP contribution < -0.4 is 9.47 Å². The van der Waals surface area contributed by atoms with Crippen molar-refractivity contribution in [2.45, 2.75) is 173 Å². The zero-order valence-electron chi connectivity index (χ0n) is 37.5. The molecule has 0 amide bonds. The number of rotatable bonds is 25. The lowest BCUT2D eigenvalue weighted by molar-refractivity contribution is -0.669. The van der Waals surface area contributed by atoms with E-state index in [-0.39, 0.29) is 0 Å². The van der Waals surface area contributed by atoms with E-state index in [2.05, 4.69) is 120 Å². The normalized spacial score (nSPS) is 15.9. The number of benzene rings is 4.